The predicted octanol–water partition coefficient (Wildman–Crippen LogP) is 4.02. The molecule has 1 aromatic heterocycles. The quantitative estimate of drug-likeness (QED) is 0.571. The highest BCUT2D eigenvalue weighted by molar-refractivity contribution is 7.89. The Balaban J connectivity index is 1.68. The van der Waals surface area contributed by atoms with Crippen molar-refractivity contribution in [3.8, 4) is 0 Å². The largest absolute Gasteiger partial charge is 0.348 e. The number of rotatable bonds is 7. The molecule has 0 aliphatic rings. The van der Waals surface area contributed by atoms with Gasteiger partial charge in [-0.2, -0.15) is 5.10 Å². The molecule has 0 radical (unpaired) electrons. The van der Waals surface area contributed by atoms with Gasteiger partial charge >= 0.3 is 0 Å². The SMILES string of the molecule is Cc1nn(Cc2ccccc2Cl)c(Cl)c1C(=O)NCc1ccc(CS(C)(=O)=O)cc1. The van der Waals surface area contributed by atoms with Crippen molar-refractivity contribution in [2.75, 3.05) is 6.26 Å². The molecule has 0 saturated heterocycles. The van der Waals surface area contributed by atoms with Gasteiger partial charge < -0.3 is 5.32 Å². The van der Waals surface area contributed by atoms with Crippen molar-refractivity contribution in [1.29, 1.82) is 0 Å². The van der Waals surface area contributed by atoms with E-state index < -0.39 is 9.84 Å². The maximum atomic E-state index is 12.7. The monoisotopic (exact) mass is 465 g/mol. The number of hydrogen-bond acceptors (Lipinski definition) is 4. The fourth-order valence-corrected chi connectivity index (χ4v) is 4.34. The maximum absolute atomic E-state index is 12.7. The van der Waals surface area contributed by atoms with Crippen molar-refractivity contribution in [3.63, 3.8) is 0 Å². The lowest BCUT2D eigenvalue weighted by Crippen LogP contribution is -2.23. The molecular weight excluding hydrogens is 445 g/mol. The van der Waals surface area contributed by atoms with Crippen molar-refractivity contribution < 1.29 is 13.2 Å². The second-order valence-electron chi connectivity index (χ2n) is 7.07. The molecule has 1 heterocycles. The summed E-state index contributed by atoms with van der Waals surface area (Å²) in [5.74, 6) is -0.345. The first kappa shape index (κ1) is 22.3. The molecule has 1 N–H and O–H groups in total. The zero-order valence-corrected chi connectivity index (χ0v) is 18.9. The van der Waals surface area contributed by atoms with Crippen LogP contribution in [0.15, 0.2) is 48.5 Å². The highest BCUT2D eigenvalue weighted by Gasteiger charge is 2.20. The Morgan fingerprint density at radius 2 is 1.70 bits per heavy atom. The first-order chi connectivity index (χ1) is 14.1. The van der Waals surface area contributed by atoms with Crippen molar-refractivity contribution in [2.24, 2.45) is 0 Å². The molecule has 0 bridgehead atoms. The fraction of sp³-hybridized carbons (Fsp3) is 0.238. The summed E-state index contributed by atoms with van der Waals surface area (Å²) in [5.41, 5.74) is 3.24. The molecule has 0 aliphatic heterocycles. The van der Waals surface area contributed by atoms with Crippen LogP contribution in [-0.4, -0.2) is 30.4 Å². The number of carbonyl (C=O) groups excluding carboxylic acids is 1. The van der Waals surface area contributed by atoms with Crippen LogP contribution in [0.25, 0.3) is 0 Å². The molecule has 158 valence electrons. The summed E-state index contributed by atoms with van der Waals surface area (Å²) >= 11 is 12.6. The van der Waals surface area contributed by atoms with Gasteiger partial charge in [0.2, 0.25) is 0 Å². The second-order valence-corrected chi connectivity index (χ2v) is 9.97. The summed E-state index contributed by atoms with van der Waals surface area (Å²) in [6.07, 6.45) is 1.19. The molecule has 0 aliphatic carbocycles. The van der Waals surface area contributed by atoms with Gasteiger partial charge in [-0.3, -0.25) is 4.79 Å². The molecule has 9 heteroatoms. The average molecular weight is 466 g/mol. The number of halogens is 2. The third-order valence-corrected chi connectivity index (χ3v) is 6.09. The normalized spacial score (nSPS) is 11.5. The standard InChI is InChI=1S/C21H21Cl2N3O3S/c1-14-19(20(23)26(25-14)12-17-5-3-4-6-18(17)22)21(27)24-11-15-7-9-16(10-8-15)13-30(2,28)29/h3-10H,11-13H2,1-2H3,(H,24,27). The number of amides is 1. The molecule has 3 aromatic rings. The lowest BCUT2D eigenvalue weighted by Gasteiger charge is -2.08. The van der Waals surface area contributed by atoms with Gasteiger partial charge in [0.15, 0.2) is 9.84 Å². The number of aryl methyl sites for hydroxylation is 1. The lowest BCUT2D eigenvalue weighted by atomic mass is 10.1. The minimum atomic E-state index is -3.09. The topological polar surface area (TPSA) is 81.1 Å². The lowest BCUT2D eigenvalue weighted by molar-refractivity contribution is 0.0950. The van der Waals surface area contributed by atoms with Gasteiger partial charge in [-0.05, 0) is 29.7 Å². The summed E-state index contributed by atoms with van der Waals surface area (Å²) in [6, 6.07) is 14.4. The zero-order valence-electron chi connectivity index (χ0n) is 16.5. The Morgan fingerprint density at radius 1 is 1.07 bits per heavy atom. The second kappa shape index (κ2) is 9.20. The van der Waals surface area contributed by atoms with E-state index in [2.05, 4.69) is 10.4 Å². The van der Waals surface area contributed by atoms with E-state index in [9.17, 15) is 13.2 Å². The van der Waals surface area contributed by atoms with Gasteiger partial charge in [0, 0.05) is 17.8 Å². The molecule has 0 unspecified atom stereocenters. The van der Waals surface area contributed by atoms with Crippen molar-refractivity contribution in [3.05, 3.63) is 86.7 Å². The predicted molar refractivity (Wildman–Crippen MR) is 119 cm³/mol. The summed E-state index contributed by atoms with van der Waals surface area (Å²) < 4.78 is 24.3. The first-order valence-electron chi connectivity index (χ1n) is 9.14. The number of nitrogens with one attached hydrogen (secondary N) is 1. The molecule has 0 saturated carbocycles. The minimum absolute atomic E-state index is 0.0148. The van der Waals surface area contributed by atoms with E-state index >= 15 is 0 Å². The Kier molecular flexibility index (Phi) is 6.85. The van der Waals surface area contributed by atoms with Crippen LogP contribution in [-0.2, 0) is 28.7 Å². The molecule has 3 rings (SSSR count). The Labute approximate surface area is 185 Å². The smallest absolute Gasteiger partial charge is 0.256 e. The maximum Gasteiger partial charge on any atom is 0.256 e. The van der Waals surface area contributed by atoms with Gasteiger partial charge in [-0.1, -0.05) is 65.7 Å². The van der Waals surface area contributed by atoms with E-state index in [1.54, 1.807) is 41.9 Å². The third-order valence-electron chi connectivity index (χ3n) is 4.48. The summed E-state index contributed by atoms with van der Waals surface area (Å²) in [4.78, 5) is 12.7. The van der Waals surface area contributed by atoms with E-state index in [0.29, 0.717) is 28.4 Å². The highest BCUT2D eigenvalue weighted by atomic mass is 35.5. The average Bonchev–Trinajstić information content (AvgIpc) is 2.95. The van der Waals surface area contributed by atoms with Crippen LogP contribution in [0.5, 0.6) is 0 Å². The van der Waals surface area contributed by atoms with E-state index in [1.807, 2.05) is 18.2 Å². The zero-order chi connectivity index (χ0) is 21.9. The van der Waals surface area contributed by atoms with E-state index in [-0.39, 0.29) is 23.4 Å². The molecule has 0 fully saturated rings. The van der Waals surface area contributed by atoms with Gasteiger partial charge in [-0.15, -0.1) is 0 Å². The first-order valence-corrected chi connectivity index (χ1v) is 12.0. The molecule has 0 atom stereocenters. The number of nitrogens with zero attached hydrogens (tertiary/aromatic N) is 2. The van der Waals surface area contributed by atoms with Crippen molar-refractivity contribution >= 4 is 38.9 Å². The molecule has 30 heavy (non-hydrogen) atoms. The summed E-state index contributed by atoms with van der Waals surface area (Å²) in [5, 5.41) is 8.06. The van der Waals surface area contributed by atoms with E-state index in [4.69, 9.17) is 23.2 Å². The number of benzene rings is 2. The molecule has 0 spiro atoms. The Morgan fingerprint density at radius 3 is 2.33 bits per heavy atom. The summed E-state index contributed by atoms with van der Waals surface area (Å²) in [6.45, 7) is 2.36. The van der Waals surface area contributed by atoms with Crippen molar-refractivity contribution in [1.82, 2.24) is 15.1 Å². The fourth-order valence-electron chi connectivity index (χ4n) is 3.03. The van der Waals surface area contributed by atoms with Crippen LogP contribution in [0.4, 0.5) is 0 Å². The van der Waals surface area contributed by atoms with Gasteiger partial charge in [0.1, 0.15) is 5.15 Å². The Bertz CT molecular complexity index is 1170. The molecule has 1 amide bonds. The number of hydrogen-bond donors (Lipinski definition) is 1. The summed E-state index contributed by atoms with van der Waals surface area (Å²) in [7, 11) is -3.09. The van der Waals surface area contributed by atoms with Crippen LogP contribution >= 0.6 is 23.2 Å². The van der Waals surface area contributed by atoms with Crippen LogP contribution in [0.2, 0.25) is 10.2 Å². The van der Waals surface area contributed by atoms with Crippen LogP contribution in [0.1, 0.15) is 32.7 Å². The number of sulfone groups is 1. The van der Waals surface area contributed by atoms with Crippen molar-refractivity contribution in [2.45, 2.75) is 25.8 Å². The van der Waals surface area contributed by atoms with Gasteiger partial charge in [-0.25, -0.2) is 13.1 Å². The van der Waals surface area contributed by atoms with E-state index in [1.165, 1.54) is 6.26 Å². The van der Waals surface area contributed by atoms with Gasteiger partial charge in [0.25, 0.3) is 5.91 Å². The van der Waals surface area contributed by atoms with Gasteiger partial charge in [0.05, 0.1) is 23.6 Å². The van der Waals surface area contributed by atoms with E-state index in [0.717, 1.165) is 11.1 Å². The highest BCUT2D eigenvalue weighted by Crippen LogP contribution is 2.23. The molecule has 6 nitrogen and oxygen atoms in total. The van der Waals surface area contributed by atoms with Crippen LogP contribution in [0, 0.1) is 6.92 Å². The third kappa shape index (κ3) is 5.62. The molecule has 2 aromatic carbocycles. The number of carbonyl (C=O) groups is 1. The van der Waals surface area contributed by atoms with Crippen LogP contribution < -0.4 is 5.32 Å². The Hall–Kier alpha value is -2.35. The minimum Gasteiger partial charge on any atom is -0.348 e. The molecular formula is C21H21Cl2N3O3S. The van der Waals surface area contributed by atoms with Crippen LogP contribution in [0.3, 0.4) is 0 Å². The number of aromatic nitrogens is 2.